The Bertz CT molecular complexity index is 369. The third-order valence-corrected chi connectivity index (χ3v) is 2.35. The van der Waals surface area contributed by atoms with E-state index >= 15 is 0 Å². The lowest BCUT2D eigenvalue weighted by Crippen LogP contribution is -1.75. The van der Waals surface area contributed by atoms with E-state index in [2.05, 4.69) is 4.98 Å². The van der Waals surface area contributed by atoms with Crippen LogP contribution in [0.25, 0.3) is 11.1 Å². The molecule has 12 heavy (non-hydrogen) atoms. The molecule has 0 saturated carbocycles. The number of rotatable bonds is 1. The molecule has 2 nitrogen and oxygen atoms in total. The van der Waals surface area contributed by atoms with Crippen LogP contribution in [-0.4, -0.2) is 10.1 Å². The minimum atomic E-state index is 0.327. The van der Waals surface area contributed by atoms with Crippen LogP contribution in [0.2, 0.25) is 0 Å². The molecule has 60 valence electrons. The van der Waals surface area contributed by atoms with E-state index in [9.17, 15) is 5.11 Å². The van der Waals surface area contributed by atoms with Crippen LogP contribution in [0.3, 0.4) is 0 Å². The van der Waals surface area contributed by atoms with Gasteiger partial charge in [-0.05, 0) is 6.07 Å². The molecule has 0 atom stereocenters. The number of aromatic nitrogens is 1. The van der Waals surface area contributed by atoms with Crippen LogP contribution in [0.5, 0.6) is 5.75 Å². The summed E-state index contributed by atoms with van der Waals surface area (Å²) in [4.78, 5) is 3.98. The van der Waals surface area contributed by atoms with Crippen molar-refractivity contribution in [1.29, 1.82) is 0 Å². The van der Waals surface area contributed by atoms with Crippen LogP contribution in [0.4, 0.5) is 0 Å². The molecule has 1 N–H and O–H groups in total. The van der Waals surface area contributed by atoms with Crippen LogP contribution in [0.1, 0.15) is 0 Å². The molecule has 2 heterocycles. The summed E-state index contributed by atoms with van der Waals surface area (Å²) in [5.41, 5.74) is 1.81. The van der Waals surface area contributed by atoms with Crippen molar-refractivity contribution < 1.29 is 5.11 Å². The molecule has 0 saturated heterocycles. The van der Waals surface area contributed by atoms with Crippen LogP contribution < -0.4 is 0 Å². The van der Waals surface area contributed by atoms with Crippen LogP contribution in [-0.2, 0) is 0 Å². The molecular weight excluding hydrogens is 170 g/mol. The fraction of sp³-hybridized carbons (Fsp3) is 0. The second kappa shape index (κ2) is 2.95. The summed E-state index contributed by atoms with van der Waals surface area (Å²) in [5.74, 6) is 0.327. The summed E-state index contributed by atoms with van der Waals surface area (Å²) >= 11 is 1.48. The number of aromatic hydroxyl groups is 1. The van der Waals surface area contributed by atoms with Crippen molar-refractivity contribution in [2.45, 2.75) is 0 Å². The van der Waals surface area contributed by atoms with Crippen LogP contribution >= 0.6 is 11.3 Å². The molecule has 0 aliphatic rings. The largest absolute Gasteiger partial charge is 0.506 e. The average Bonchev–Trinajstić information content (AvgIpc) is 2.53. The van der Waals surface area contributed by atoms with Crippen molar-refractivity contribution in [1.82, 2.24) is 4.98 Å². The summed E-state index contributed by atoms with van der Waals surface area (Å²) < 4.78 is 0. The van der Waals surface area contributed by atoms with Gasteiger partial charge in [0.25, 0.3) is 0 Å². The number of pyridine rings is 1. The Hall–Kier alpha value is -1.35. The van der Waals surface area contributed by atoms with Gasteiger partial charge in [0, 0.05) is 34.3 Å². The molecule has 0 spiro atoms. The van der Waals surface area contributed by atoms with Gasteiger partial charge < -0.3 is 5.11 Å². The number of hydrogen-bond acceptors (Lipinski definition) is 3. The van der Waals surface area contributed by atoms with Gasteiger partial charge in [0.1, 0.15) is 5.75 Å². The molecule has 2 aromatic heterocycles. The van der Waals surface area contributed by atoms with Gasteiger partial charge in [-0.2, -0.15) is 0 Å². The zero-order valence-corrected chi connectivity index (χ0v) is 7.08. The predicted octanol–water partition coefficient (Wildman–Crippen LogP) is 2.52. The Morgan fingerprint density at radius 2 is 2.25 bits per heavy atom. The summed E-state index contributed by atoms with van der Waals surface area (Å²) in [7, 11) is 0. The van der Waals surface area contributed by atoms with Gasteiger partial charge in [0.2, 0.25) is 0 Å². The monoisotopic (exact) mass is 177 g/mol. The van der Waals surface area contributed by atoms with Crippen molar-refractivity contribution in [2.24, 2.45) is 0 Å². The van der Waals surface area contributed by atoms with Crippen molar-refractivity contribution in [3.8, 4) is 16.9 Å². The van der Waals surface area contributed by atoms with E-state index in [0.717, 1.165) is 11.1 Å². The molecule has 0 aromatic carbocycles. The van der Waals surface area contributed by atoms with Crippen molar-refractivity contribution >= 4 is 11.3 Å². The third kappa shape index (κ3) is 1.19. The Balaban J connectivity index is 2.51. The highest BCUT2D eigenvalue weighted by Crippen LogP contribution is 2.31. The van der Waals surface area contributed by atoms with Gasteiger partial charge in [-0.25, -0.2) is 0 Å². The zero-order valence-electron chi connectivity index (χ0n) is 6.27. The minimum absolute atomic E-state index is 0.327. The molecule has 0 amide bonds. The van der Waals surface area contributed by atoms with Gasteiger partial charge in [0.05, 0.1) is 0 Å². The van der Waals surface area contributed by atoms with E-state index in [4.69, 9.17) is 0 Å². The lowest BCUT2D eigenvalue weighted by molar-refractivity contribution is 0.480. The topological polar surface area (TPSA) is 33.1 Å². The Morgan fingerprint density at radius 3 is 2.83 bits per heavy atom. The maximum Gasteiger partial charge on any atom is 0.134 e. The number of hydrogen-bond donors (Lipinski definition) is 1. The first-order valence-corrected chi connectivity index (χ1v) is 4.48. The molecule has 0 fully saturated rings. The zero-order chi connectivity index (χ0) is 8.39. The highest BCUT2D eigenvalue weighted by Gasteiger charge is 2.03. The highest BCUT2D eigenvalue weighted by molar-refractivity contribution is 7.08. The molecule has 0 aliphatic carbocycles. The smallest absolute Gasteiger partial charge is 0.134 e. The lowest BCUT2D eigenvalue weighted by atomic mass is 10.1. The minimum Gasteiger partial charge on any atom is -0.506 e. The van der Waals surface area contributed by atoms with Gasteiger partial charge in [-0.1, -0.05) is 6.07 Å². The second-order valence-corrected chi connectivity index (χ2v) is 3.16. The first-order valence-electron chi connectivity index (χ1n) is 3.53. The Kier molecular flexibility index (Phi) is 1.80. The Labute approximate surface area is 74.1 Å². The van der Waals surface area contributed by atoms with Gasteiger partial charge in [-0.15, -0.1) is 11.3 Å². The molecule has 2 rings (SSSR count). The molecule has 0 bridgehead atoms. The molecule has 2 aromatic rings. The van der Waals surface area contributed by atoms with Gasteiger partial charge >= 0.3 is 0 Å². The quantitative estimate of drug-likeness (QED) is 0.726. The van der Waals surface area contributed by atoms with E-state index in [1.807, 2.05) is 17.5 Å². The van der Waals surface area contributed by atoms with Crippen molar-refractivity contribution in [3.05, 3.63) is 35.3 Å². The van der Waals surface area contributed by atoms with E-state index in [1.54, 1.807) is 17.8 Å². The van der Waals surface area contributed by atoms with Gasteiger partial charge in [0.15, 0.2) is 0 Å². The molecular formula is C9H7NOS. The first-order chi connectivity index (χ1) is 5.88. The predicted molar refractivity (Wildman–Crippen MR) is 49.2 cm³/mol. The van der Waals surface area contributed by atoms with Crippen LogP contribution in [0.15, 0.2) is 35.3 Å². The standard InChI is InChI=1S/C9H7NOS/c11-9-6-12-5-8(9)7-2-1-3-10-4-7/h1-6,11H. The maximum absolute atomic E-state index is 9.39. The maximum atomic E-state index is 9.39. The summed E-state index contributed by atoms with van der Waals surface area (Å²) in [6, 6.07) is 3.78. The normalized spacial score (nSPS) is 10.0. The fourth-order valence-electron chi connectivity index (χ4n) is 1.03. The van der Waals surface area contributed by atoms with Crippen LogP contribution in [0, 0.1) is 0 Å². The van der Waals surface area contributed by atoms with E-state index < -0.39 is 0 Å². The van der Waals surface area contributed by atoms with Crippen molar-refractivity contribution in [2.75, 3.05) is 0 Å². The fourth-order valence-corrected chi connectivity index (χ4v) is 1.75. The number of thiophene rings is 1. The molecule has 0 unspecified atom stereocenters. The average molecular weight is 177 g/mol. The van der Waals surface area contributed by atoms with Gasteiger partial charge in [-0.3, -0.25) is 4.98 Å². The number of nitrogens with zero attached hydrogens (tertiary/aromatic N) is 1. The lowest BCUT2D eigenvalue weighted by Gasteiger charge is -1.96. The van der Waals surface area contributed by atoms with E-state index in [0.29, 0.717) is 5.75 Å². The summed E-state index contributed by atoms with van der Waals surface area (Å²) in [5, 5.41) is 13.0. The summed E-state index contributed by atoms with van der Waals surface area (Å²) in [6.07, 6.45) is 3.45. The summed E-state index contributed by atoms with van der Waals surface area (Å²) in [6.45, 7) is 0. The third-order valence-electron chi connectivity index (χ3n) is 1.61. The van der Waals surface area contributed by atoms with Crippen molar-refractivity contribution in [3.63, 3.8) is 0 Å². The second-order valence-electron chi connectivity index (χ2n) is 2.41. The first kappa shape index (κ1) is 7.31. The highest BCUT2D eigenvalue weighted by atomic mass is 32.1. The van der Waals surface area contributed by atoms with E-state index in [1.165, 1.54) is 11.3 Å². The Morgan fingerprint density at radius 1 is 1.33 bits per heavy atom. The molecule has 3 heteroatoms. The molecule has 0 aliphatic heterocycles. The molecule has 0 radical (unpaired) electrons. The SMILES string of the molecule is Oc1cscc1-c1cccnc1. The van der Waals surface area contributed by atoms with E-state index in [-0.39, 0.29) is 0 Å².